The normalized spacial score (nSPS) is 13.7. The summed E-state index contributed by atoms with van der Waals surface area (Å²) in [4.78, 5) is 0. The van der Waals surface area contributed by atoms with Crippen molar-refractivity contribution in [2.45, 2.75) is 38.0 Å². The molecule has 1 rings (SSSR count). The second-order valence-electron chi connectivity index (χ2n) is 4.10. The highest BCUT2D eigenvalue weighted by atomic mass is 35.5. The molecule has 0 fully saturated rings. The molecule has 102 valence electrons. The third-order valence-electron chi connectivity index (χ3n) is 2.47. The van der Waals surface area contributed by atoms with Gasteiger partial charge in [-0.2, -0.15) is 13.2 Å². The molecule has 1 aromatic rings. The van der Waals surface area contributed by atoms with Gasteiger partial charge in [-0.05, 0) is 37.0 Å². The second kappa shape index (κ2) is 6.64. The molecule has 0 aliphatic carbocycles. The number of aliphatic hydroxyl groups excluding tert-OH is 1. The first kappa shape index (κ1) is 15.6. The van der Waals surface area contributed by atoms with Crippen LogP contribution < -0.4 is 0 Å². The summed E-state index contributed by atoms with van der Waals surface area (Å²) in [6.45, 7) is 0. The Hall–Kier alpha value is -0.450. The fourth-order valence-corrected chi connectivity index (χ4v) is 2.07. The Morgan fingerprint density at radius 3 is 2.44 bits per heavy atom. The molecule has 0 heterocycles. The average molecular weight is 301 g/mol. The molecule has 0 radical (unpaired) electrons. The molecule has 1 nitrogen and oxygen atoms in total. The zero-order valence-corrected chi connectivity index (χ0v) is 11.0. The molecule has 0 aromatic heterocycles. The van der Waals surface area contributed by atoms with E-state index in [-0.39, 0.29) is 19.3 Å². The van der Waals surface area contributed by atoms with Crippen LogP contribution in [0.15, 0.2) is 18.2 Å². The van der Waals surface area contributed by atoms with Gasteiger partial charge < -0.3 is 5.11 Å². The summed E-state index contributed by atoms with van der Waals surface area (Å²) in [5.74, 6) is 0. The van der Waals surface area contributed by atoms with Gasteiger partial charge in [0.05, 0.1) is 6.10 Å². The van der Waals surface area contributed by atoms with Gasteiger partial charge in [-0.25, -0.2) is 0 Å². The van der Waals surface area contributed by atoms with Crippen LogP contribution >= 0.6 is 23.2 Å². The number of halogens is 5. The van der Waals surface area contributed by atoms with Gasteiger partial charge in [-0.1, -0.05) is 29.3 Å². The van der Waals surface area contributed by atoms with Crippen molar-refractivity contribution in [3.63, 3.8) is 0 Å². The van der Waals surface area contributed by atoms with Gasteiger partial charge in [0.2, 0.25) is 0 Å². The van der Waals surface area contributed by atoms with Gasteiger partial charge in [0, 0.05) is 16.5 Å². The smallest absolute Gasteiger partial charge is 0.389 e. The lowest BCUT2D eigenvalue weighted by Crippen LogP contribution is -2.13. The molecule has 1 atom stereocenters. The lowest BCUT2D eigenvalue weighted by atomic mass is 10.0. The van der Waals surface area contributed by atoms with Gasteiger partial charge in [0.1, 0.15) is 0 Å². The SMILES string of the molecule is OC(CCCC(F)(F)F)Cc1ccc(Cl)cc1Cl. The fraction of sp³-hybridized carbons (Fsp3) is 0.500. The maximum Gasteiger partial charge on any atom is 0.389 e. The van der Waals surface area contributed by atoms with E-state index in [1.807, 2.05) is 0 Å². The van der Waals surface area contributed by atoms with E-state index in [4.69, 9.17) is 23.2 Å². The van der Waals surface area contributed by atoms with E-state index < -0.39 is 18.7 Å². The Kier molecular flexibility index (Phi) is 5.76. The summed E-state index contributed by atoms with van der Waals surface area (Å²) in [5.41, 5.74) is 0.681. The molecule has 1 aromatic carbocycles. The zero-order valence-electron chi connectivity index (χ0n) is 9.47. The molecule has 0 saturated carbocycles. The topological polar surface area (TPSA) is 20.2 Å². The van der Waals surface area contributed by atoms with Crippen LogP contribution in [0.4, 0.5) is 13.2 Å². The number of rotatable bonds is 5. The molecular formula is C12H13Cl2F3O. The predicted molar refractivity (Wildman–Crippen MR) is 66.1 cm³/mol. The van der Waals surface area contributed by atoms with E-state index in [2.05, 4.69) is 0 Å². The van der Waals surface area contributed by atoms with E-state index >= 15 is 0 Å². The number of benzene rings is 1. The summed E-state index contributed by atoms with van der Waals surface area (Å²) in [6, 6.07) is 4.84. The third kappa shape index (κ3) is 5.94. The lowest BCUT2D eigenvalue weighted by Gasteiger charge is -2.12. The highest BCUT2D eigenvalue weighted by molar-refractivity contribution is 6.35. The lowest BCUT2D eigenvalue weighted by molar-refractivity contribution is -0.136. The minimum Gasteiger partial charge on any atom is -0.393 e. The molecule has 0 bridgehead atoms. The molecule has 0 saturated heterocycles. The molecular weight excluding hydrogens is 288 g/mol. The summed E-state index contributed by atoms with van der Waals surface area (Å²) in [5, 5.41) is 10.5. The van der Waals surface area contributed by atoms with Crippen LogP contribution in [0.25, 0.3) is 0 Å². The van der Waals surface area contributed by atoms with Crippen LogP contribution in [0.3, 0.4) is 0 Å². The van der Waals surface area contributed by atoms with Crippen LogP contribution in [0.2, 0.25) is 10.0 Å². The number of aliphatic hydroxyl groups is 1. The van der Waals surface area contributed by atoms with E-state index in [0.29, 0.717) is 15.6 Å². The van der Waals surface area contributed by atoms with Crippen molar-refractivity contribution in [1.29, 1.82) is 0 Å². The van der Waals surface area contributed by atoms with Crippen LogP contribution in [0, 0.1) is 0 Å². The first-order valence-electron chi connectivity index (χ1n) is 5.46. The minimum absolute atomic E-state index is 0.0874. The maximum absolute atomic E-state index is 11.9. The second-order valence-corrected chi connectivity index (χ2v) is 4.94. The van der Waals surface area contributed by atoms with Gasteiger partial charge >= 0.3 is 6.18 Å². The predicted octanol–water partition coefficient (Wildman–Crippen LogP) is 4.63. The molecule has 18 heavy (non-hydrogen) atoms. The van der Waals surface area contributed by atoms with Gasteiger partial charge in [-0.15, -0.1) is 0 Å². The fourth-order valence-electron chi connectivity index (χ4n) is 1.58. The molecule has 1 N–H and O–H groups in total. The number of hydrogen-bond donors (Lipinski definition) is 1. The molecule has 0 aliphatic heterocycles. The van der Waals surface area contributed by atoms with Crippen molar-refractivity contribution in [2.24, 2.45) is 0 Å². The van der Waals surface area contributed by atoms with Gasteiger partial charge in [0.15, 0.2) is 0 Å². The van der Waals surface area contributed by atoms with Crippen molar-refractivity contribution in [2.75, 3.05) is 0 Å². The summed E-state index contributed by atoms with van der Waals surface area (Å²) < 4.78 is 35.8. The Labute approximate surface area is 114 Å². The summed E-state index contributed by atoms with van der Waals surface area (Å²) in [7, 11) is 0. The third-order valence-corrected chi connectivity index (χ3v) is 3.06. The Morgan fingerprint density at radius 1 is 1.22 bits per heavy atom. The van der Waals surface area contributed by atoms with E-state index in [0.717, 1.165) is 0 Å². The molecule has 1 unspecified atom stereocenters. The molecule has 0 aliphatic rings. The van der Waals surface area contributed by atoms with Gasteiger partial charge in [-0.3, -0.25) is 0 Å². The van der Waals surface area contributed by atoms with E-state index in [9.17, 15) is 18.3 Å². The highest BCUT2D eigenvalue weighted by Crippen LogP contribution is 2.25. The first-order chi connectivity index (χ1) is 8.28. The van der Waals surface area contributed by atoms with Crippen LogP contribution in [-0.4, -0.2) is 17.4 Å². The van der Waals surface area contributed by atoms with Crippen molar-refractivity contribution in [3.8, 4) is 0 Å². The van der Waals surface area contributed by atoms with Crippen molar-refractivity contribution >= 4 is 23.2 Å². The first-order valence-corrected chi connectivity index (χ1v) is 6.22. The minimum atomic E-state index is -4.17. The van der Waals surface area contributed by atoms with Crippen molar-refractivity contribution < 1.29 is 18.3 Å². The number of hydrogen-bond acceptors (Lipinski definition) is 1. The Morgan fingerprint density at radius 2 is 1.89 bits per heavy atom. The largest absolute Gasteiger partial charge is 0.393 e. The van der Waals surface area contributed by atoms with Crippen LogP contribution in [-0.2, 0) is 6.42 Å². The summed E-state index contributed by atoms with van der Waals surface area (Å²) in [6.07, 6.45) is -5.64. The molecule has 6 heteroatoms. The average Bonchev–Trinajstić information content (AvgIpc) is 2.20. The van der Waals surface area contributed by atoms with Crippen LogP contribution in [0.5, 0.6) is 0 Å². The van der Waals surface area contributed by atoms with E-state index in [1.165, 1.54) is 0 Å². The highest BCUT2D eigenvalue weighted by Gasteiger charge is 2.26. The Bertz CT molecular complexity index is 393. The van der Waals surface area contributed by atoms with Crippen molar-refractivity contribution in [3.05, 3.63) is 33.8 Å². The maximum atomic E-state index is 11.9. The molecule has 0 amide bonds. The monoisotopic (exact) mass is 300 g/mol. The Balaban J connectivity index is 2.42. The quantitative estimate of drug-likeness (QED) is 0.840. The summed E-state index contributed by atoms with van der Waals surface area (Å²) >= 11 is 11.6. The van der Waals surface area contributed by atoms with Crippen molar-refractivity contribution in [1.82, 2.24) is 0 Å². The number of alkyl halides is 3. The standard InChI is InChI=1S/C12H13Cl2F3O/c13-9-4-3-8(11(14)7-9)6-10(18)2-1-5-12(15,16)17/h3-4,7,10,18H,1-2,5-6H2. The van der Waals surface area contributed by atoms with Gasteiger partial charge in [0.25, 0.3) is 0 Å². The van der Waals surface area contributed by atoms with E-state index in [1.54, 1.807) is 18.2 Å². The molecule has 0 spiro atoms. The van der Waals surface area contributed by atoms with Crippen LogP contribution in [0.1, 0.15) is 24.8 Å². The zero-order chi connectivity index (χ0) is 13.8.